The molecule has 1 aromatic rings. The van der Waals surface area contributed by atoms with E-state index in [-0.39, 0.29) is 11.8 Å². The van der Waals surface area contributed by atoms with Gasteiger partial charge in [0.05, 0.1) is 0 Å². The molecule has 0 unspecified atom stereocenters. The summed E-state index contributed by atoms with van der Waals surface area (Å²) >= 11 is 0. The lowest BCUT2D eigenvalue weighted by Crippen LogP contribution is -2.09. The summed E-state index contributed by atoms with van der Waals surface area (Å²) in [6, 6.07) is 9.43. The minimum absolute atomic E-state index is 0.156. The van der Waals surface area contributed by atoms with E-state index in [1.165, 1.54) is 180 Å². The van der Waals surface area contributed by atoms with Crippen LogP contribution in [-0.4, -0.2) is 11.8 Å². The second-order valence-electron chi connectivity index (χ2n) is 14.4. The second kappa shape index (κ2) is 33.1. The molecule has 0 bridgehead atoms. The van der Waals surface area contributed by atoms with Crippen LogP contribution < -0.4 is 11.5 Å². The van der Waals surface area contributed by atoms with E-state index >= 15 is 0 Å². The van der Waals surface area contributed by atoms with Gasteiger partial charge in [0.2, 0.25) is 11.8 Å². The summed E-state index contributed by atoms with van der Waals surface area (Å²) in [5.74, 6) is -0.312. The van der Waals surface area contributed by atoms with E-state index in [4.69, 9.17) is 11.5 Å². The largest absolute Gasteiger partial charge is 0.370 e. The van der Waals surface area contributed by atoms with Gasteiger partial charge < -0.3 is 11.5 Å². The van der Waals surface area contributed by atoms with Gasteiger partial charge in [-0.3, -0.25) is 9.59 Å². The minimum Gasteiger partial charge on any atom is -0.370 e. The number of hydrogen-bond donors (Lipinski definition) is 2. The molecule has 0 saturated carbocycles. The summed E-state index contributed by atoms with van der Waals surface area (Å²) in [5.41, 5.74) is 13.5. The van der Waals surface area contributed by atoms with Crippen molar-refractivity contribution in [2.45, 2.75) is 218 Å². The quantitative estimate of drug-likeness (QED) is 0.0715. The fourth-order valence-electron chi connectivity index (χ4n) is 6.79. The third kappa shape index (κ3) is 30.8. The molecule has 0 saturated heterocycles. The Labute approximate surface area is 286 Å². The van der Waals surface area contributed by atoms with Crippen LogP contribution in [0.25, 0.3) is 0 Å². The number of benzene rings is 1. The SMILES string of the molecule is NC(=O)CCCCCCCCCCCCCCCCCc1cccc(CCCCCCCCCCCCCCCCCC(N)=O)c1. The van der Waals surface area contributed by atoms with Crippen LogP contribution in [0.1, 0.15) is 217 Å². The Morgan fingerprint density at radius 2 is 0.565 bits per heavy atom. The summed E-state index contributed by atoms with van der Waals surface area (Å²) in [6.07, 6.45) is 43.6. The van der Waals surface area contributed by atoms with Crippen LogP contribution in [-0.2, 0) is 22.4 Å². The molecule has 0 aliphatic carbocycles. The molecular weight excluding hydrogens is 564 g/mol. The van der Waals surface area contributed by atoms with Gasteiger partial charge in [0.1, 0.15) is 0 Å². The standard InChI is InChI=1S/C42H76N2O2/c43-41(45)36-29-25-21-17-13-9-5-1-3-7-11-15-19-23-27-32-39-34-31-35-40(38-39)33-28-24-20-16-12-8-4-2-6-10-14-18-22-26-30-37-42(44)46/h31,34-35,38H,1-30,32-33,36-37H2,(H2,43,45)(H2,44,46). The molecule has 0 heterocycles. The van der Waals surface area contributed by atoms with Gasteiger partial charge in [0.25, 0.3) is 0 Å². The number of carbonyl (C=O) groups excluding carboxylic acids is 2. The van der Waals surface area contributed by atoms with Gasteiger partial charge in [0.15, 0.2) is 0 Å². The number of nitrogens with two attached hydrogens (primary N) is 2. The summed E-state index contributed by atoms with van der Waals surface area (Å²) in [5, 5.41) is 0. The molecule has 0 spiro atoms. The van der Waals surface area contributed by atoms with Crippen molar-refractivity contribution < 1.29 is 9.59 Å². The number of rotatable bonds is 36. The van der Waals surface area contributed by atoms with Gasteiger partial charge >= 0.3 is 0 Å². The Balaban J connectivity index is 1.83. The Bertz CT molecular complexity index is 760. The topological polar surface area (TPSA) is 86.2 Å². The lowest BCUT2D eigenvalue weighted by Gasteiger charge is -2.07. The fraction of sp³-hybridized carbons (Fsp3) is 0.810. The first-order valence-electron chi connectivity index (χ1n) is 20.2. The molecule has 4 nitrogen and oxygen atoms in total. The van der Waals surface area contributed by atoms with Crippen LogP contribution in [0.15, 0.2) is 24.3 Å². The lowest BCUT2D eigenvalue weighted by molar-refractivity contribution is -0.119. The Morgan fingerprint density at radius 1 is 0.348 bits per heavy atom. The molecule has 1 rings (SSSR count). The summed E-state index contributed by atoms with van der Waals surface area (Å²) < 4.78 is 0. The maximum atomic E-state index is 10.7. The minimum atomic E-state index is -0.156. The molecule has 0 fully saturated rings. The van der Waals surface area contributed by atoms with E-state index in [0.717, 1.165) is 25.7 Å². The van der Waals surface area contributed by atoms with Crippen LogP contribution in [0.5, 0.6) is 0 Å². The molecule has 1 aromatic carbocycles. The van der Waals surface area contributed by atoms with Crippen molar-refractivity contribution in [3.8, 4) is 0 Å². The van der Waals surface area contributed by atoms with Crippen molar-refractivity contribution in [3.05, 3.63) is 35.4 Å². The normalized spacial score (nSPS) is 11.3. The van der Waals surface area contributed by atoms with Crippen molar-refractivity contribution in [1.29, 1.82) is 0 Å². The van der Waals surface area contributed by atoms with Gasteiger partial charge in [-0.2, -0.15) is 0 Å². The maximum absolute atomic E-state index is 10.7. The predicted molar refractivity (Wildman–Crippen MR) is 200 cm³/mol. The molecule has 0 aliphatic heterocycles. The van der Waals surface area contributed by atoms with Gasteiger partial charge in [-0.15, -0.1) is 0 Å². The average Bonchev–Trinajstić information content (AvgIpc) is 3.04. The fourth-order valence-corrected chi connectivity index (χ4v) is 6.79. The molecule has 266 valence electrons. The Kier molecular flexibility index (Phi) is 30.3. The molecule has 0 aromatic heterocycles. The van der Waals surface area contributed by atoms with E-state index in [0.29, 0.717) is 12.8 Å². The zero-order valence-electron chi connectivity index (χ0n) is 30.3. The highest BCUT2D eigenvalue weighted by molar-refractivity contribution is 5.73. The van der Waals surface area contributed by atoms with E-state index < -0.39 is 0 Å². The number of unbranched alkanes of at least 4 members (excludes halogenated alkanes) is 28. The number of carbonyl (C=O) groups is 2. The lowest BCUT2D eigenvalue weighted by atomic mass is 9.99. The summed E-state index contributed by atoms with van der Waals surface area (Å²) in [4.78, 5) is 21.5. The number of amides is 2. The predicted octanol–water partition coefficient (Wildman–Crippen LogP) is 12.2. The highest BCUT2D eigenvalue weighted by Crippen LogP contribution is 2.17. The molecule has 0 aliphatic rings. The highest BCUT2D eigenvalue weighted by Gasteiger charge is 2.01. The van der Waals surface area contributed by atoms with Gasteiger partial charge in [0, 0.05) is 12.8 Å². The number of hydrogen-bond acceptors (Lipinski definition) is 2. The second-order valence-corrected chi connectivity index (χ2v) is 14.4. The number of primary amides is 2. The third-order valence-corrected chi connectivity index (χ3v) is 9.77. The Morgan fingerprint density at radius 3 is 0.804 bits per heavy atom. The van der Waals surface area contributed by atoms with Crippen LogP contribution in [0, 0.1) is 0 Å². The van der Waals surface area contributed by atoms with Crippen LogP contribution in [0.4, 0.5) is 0 Å². The van der Waals surface area contributed by atoms with Crippen LogP contribution in [0.3, 0.4) is 0 Å². The molecule has 4 N–H and O–H groups in total. The van der Waals surface area contributed by atoms with Crippen molar-refractivity contribution in [2.24, 2.45) is 11.5 Å². The van der Waals surface area contributed by atoms with Crippen molar-refractivity contribution >= 4 is 11.8 Å². The summed E-state index contributed by atoms with van der Waals surface area (Å²) in [6.45, 7) is 0. The van der Waals surface area contributed by atoms with Crippen molar-refractivity contribution in [2.75, 3.05) is 0 Å². The molecule has 0 atom stereocenters. The van der Waals surface area contributed by atoms with Gasteiger partial charge in [-0.05, 0) is 49.7 Å². The third-order valence-electron chi connectivity index (χ3n) is 9.77. The Hall–Kier alpha value is -1.84. The van der Waals surface area contributed by atoms with Gasteiger partial charge in [-0.25, -0.2) is 0 Å². The average molecular weight is 641 g/mol. The molecule has 4 heteroatoms. The van der Waals surface area contributed by atoms with E-state index in [9.17, 15) is 9.59 Å². The zero-order valence-corrected chi connectivity index (χ0v) is 30.3. The first-order valence-corrected chi connectivity index (χ1v) is 20.2. The zero-order chi connectivity index (χ0) is 33.2. The van der Waals surface area contributed by atoms with Crippen LogP contribution >= 0.6 is 0 Å². The summed E-state index contributed by atoms with van der Waals surface area (Å²) in [7, 11) is 0. The molecule has 0 radical (unpaired) electrons. The van der Waals surface area contributed by atoms with Crippen molar-refractivity contribution in [1.82, 2.24) is 0 Å². The van der Waals surface area contributed by atoms with E-state index in [1.54, 1.807) is 11.1 Å². The monoisotopic (exact) mass is 641 g/mol. The maximum Gasteiger partial charge on any atom is 0.217 e. The van der Waals surface area contributed by atoms with Gasteiger partial charge in [-0.1, -0.05) is 191 Å². The van der Waals surface area contributed by atoms with Crippen molar-refractivity contribution in [3.63, 3.8) is 0 Å². The molecule has 2 amide bonds. The number of aryl methyl sites for hydroxylation is 2. The first-order chi connectivity index (χ1) is 22.6. The van der Waals surface area contributed by atoms with E-state index in [2.05, 4.69) is 24.3 Å². The van der Waals surface area contributed by atoms with Crippen LogP contribution in [0.2, 0.25) is 0 Å². The van der Waals surface area contributed by atoms with E-state index in [1.807, 2.05) is 0 Å². The molecular formula is C42H76N2O2. The highest BCUT2D eigenvalue weighted by atomic mass is 16.1. The first kappa shape index (κ1) is 42.2. The molecule has 46 heavy (non-hydrogen) atoms. The smallest absolute Gasteiger partial charge is 0.217 e.